The Kier molecular flexibility index (Phi) is 7.46. The molecule has 2 aliphatic rings. The molecule has 2 atom stereocenters. The van der Waals surface area contributed by atoms with Gasteiger partial charge in [-0.3, -0.25) is 9.59 Å². The van der Waals surface area contributed by atoms with E-state index in [1.54, 1.807) is 14.2 Å². The second-order valence-electron chi connectivity index (χ2n) is 9.07. The molecule has 3 aromatic rings. The SMILES string of the molecule is COc1ccc(C2=NN(C3=NC(=O)[C@H](CC(=O)Nc4ccc(C)cc4)S3)[C@H](c3ccc(OC)cc3)C2)cc1. The van der Waals surface area contributed by atoms with E-state index in [1.807, 2.05) is 84.7 Å². The molecule has 0 saturated heterocycles. The molecule has 8 nitrogen and oxygen atoms in total. The van der Waals surface area contributed by atoms with Gasteiger partial charge in [0.1, 0.15) is 16.7 Å². The van der Waals surface area contributed by atoms with E-state index >= 15 is 0 Å². The summed E-state index contributed by atoms with van der Waals surface area (Å²) in [4.78, 5) is 29.8. The Balaban J connectivity index is 1.35. The molecule has 2 aliphatic heterocycles. The molecule has 0 saturated carbocycles. The normalized spacial score (nSPS) is 18.7. The Morgan fingerprint density at radius 1 is 0.974 bits per heavy atom. The Labute approximate surface area is 225 Å². The van der Waals surface area contributed by atoms with Crippen LogP contribution in [0.25, 0.3) is 0 Å². The van der Waals surface area contributed by atoms with Crippen LogP contribution >= 0.6 is 11.8 Å². The summed E-state index contributed by atoms with van der Waals surface area (Å²) >= 11 is 1.28. The average Bonchev–Trinajstić information content (AvgIpc) is 3.54. The minimum absolute atomic E-state index is 0.0282. The molecule has 2 heterocycles. The van der Waals surface area contributed by atoms with Crippen LogP contribution in [-0.2, 0) is 9.59 Å². The lowest BCUT2D eigenvalue weighted by Crippen LogP contribution is -2.25. The number of aryl methyl sites for hydroxylation is 1. The molecule has 9 heteroatoms. The molecule has 0 bridgehead atoms. The molecule has 3 aromatic carbocycles. The molecule has 0 aromatic heterocycles. The Morgan fingerprint density at radius 3 is 2.24 bits per heavy atom. The van der Waals surface area contributed by atoms with Crippen LogP contribution in [-0.4, -0.2) is 47.2 Å². The summed E-state index contributed by atoms with van der Waals surface area (Å²) in [5.41, 5.74) is 4.68. The summed E-state index contributed by atoms with van der Waals surface area (Å²) in [5, 5.41) is 9.46. The highest BCUT2D eigenvalue weighted by Gasteiger charge is 2.39. The first-order valence-corrected chi connectivity index (χ1v) is 13.1. The van der Waals surface area contributed by atoms with Gasteiger partial charge in [0.25, 0.3) is 5.91 Å². The van der Waals surface area contributed by atoms with Crippen molar-refractivity contribution in [3.8, 4) is 11.5 Å². The van der Waals surface area contributed by atoms with Crippen molar-refractivity contribution in [1.82, 2.24) is 5.01 Å². The van der Waals surface area contributed by atoms with Gasteiger partial charge in [-0.2, -0.15) is 10.1 Å². The van der Waals surface area contributed by atoms with Crippen LogP contribution in [0.4, 0.5) is 5.69 Å². The molecule has 0 aliphatic carbocycles. The number of rotatable bonds is 7. The first-order valence-electron chi connectivity index (χ1n) is 12.2. The van der Waals surface area contributed by atoms with Crippen LogP contribution in [0.3, 0.4) is 0 Å². The predicted molar refractivity (Wildman–Crippen MR) is 150 cm³/mol. The van der Waals surface area contributed by atoms with E-state index in [4.69, 9.17) is 14.6 Å². The number of hydrazone groups is 1. The number of hydrogen-bond donors (Lipinski definition) is 1. The molecular weight excluding hydrogens is 500 g/mol. The molecule has 0 radical (unpaired) electrons. The molecule has 2 amide bonds. The van der Waals surface area contributed by atoms with E-state index in [0.29, 0.717) is 17.3 Å². The highest BCUT2D eigenvalue weighted by molar-refractivity contribution is 8.15. The average molecular weight is 529 g/mol. The van der Waals surface area contributed by atoms with Gasteiger partial charge in [-0.15, -0.1) is 0 Å². The lowest BCUT2D eigenvalue weighted by atomic mass is 9.98. The predicted octanol–water partition coefficient (Wildman–Crippen LogP) is 5.19. The molecule has 0 unspecified atom stereocenters. The van der Waals surface area contributed by atoms with Crippen molar-refractivity contribution in [3.05, 3.63) is 89.5 Å². The number of nitrogens with one attached hydrogen (secondary N) is 1. The molecule has 38 heavy (non-hydrogen) atoms. The van der Waals surface area contributed by atoms with Crippen molar-refractivity contribution in [2.24, 2.45) is 10.1 Å². The summed E-state index contributed by atoms with van der Waals surface area (Å²) in [6.45, 7) is 1.98. The number of nitrogens with zero attached hydrogens (tertiary/aromatic N) is 3. The lowest BCUT2D eigenvalue weighted by molar-refractivity contribution is -0.121. The van der Waals surface area contributed by atoms with Gasteiger partial charge in [-0.05, 0) is 66.6 Å². The quantitative estimate of drug-likeness (QED) is 0.454. The minimum Gasteiger partial charge on any atom is -0.497 e. The smallest absolute Gasteiger partial charge is 0.262 e. The molecule has 1 N–H and O–H groups in total. The number of amidine groups is 1. The number of hydrogen-bond acceptors (Lipinski definition) is 7. The topological polar surface area (TPSA) is 92.6 Å². The van der Waals surface area contributed by atoms with Gasteiger partial charge in [0, 0.05) is 18.5 Å². The highest BCUT2D eigenvalue weighted by atomic mass is 32.2. The zero-order valence-electron chi connectivity index (χ0n) is 21.4. The maximum Gasteiger partial charge on any atom is 0.262 e. The summed E-state index contributed by atoms with van der Waals surface area (Å²) in [6, 6.07) is 22.9. The Morgan fingerprint density at radius 2 is 1.61 bits per heavy atom. The third-order valence-electron chi connectivity index (χ3n) is 6.47. The van der Waals surface area contributed by atoms with E-state index in [0.717, 1.165) is 33.9 Å². The van der Waals surface area contributed by atoms with E-state index in [2.05, 4.69) is 10.3 Å². The van der Waals surface area contributed by atoms with Crippen LogP contribution in [0, 0.1) is 6.92 Å². The number of carbonyl (C=O) groups is 2. The number of benzene rings is 3. The summed E-state index contributed by atoms with van der Waals surface area (Å²) in [7, 11) is 3.26. The Bertz CT molecular complexity index is 1390. The van der Waals surface area contributed by atoms with Crippen molar-refractivity contribution in [1.29, 1.82) is 0 Å². The second-order valence-corrected chi connectivity index (χ2v) is 10.2. The molecule has 5 rings (SSSR count). The zero-order chi connectivity index (χ0) is 26.6. The van der Waals surface area contributed by atoms with Gasteiger partial charge in [-0.1, -0.05) is 41.6 Å². The summed E-state index contributed by atoms with van der Waals surface area (Å²) in [5.74, 6) is 0.971. The maximum atomic E-state index is 12.8. The summed E-state index contributed by atoms with van der Waals surface area (Å²) in [6.07, 6.45) is 0.658. The van der Waals surface area contributed by atoms with Gasteiger partial charge >= 0.3 is 0 Å². The standard InChI is InChI=1S/C29H28N4O4S/c1-18-4-10-21(11-5-18)30-27(34)17-26-28(35)31-29(38-26)33-25(20-8-14-23(37-3)15-9-20)16-24(32-33)19-6-12-22(36-2)13-7-19/h4-15,25-26H,16-17H2,1-3H3,(H,30,34)/t25-,26-/m0/s1. The van der Waals surface area contributed by atoms with Crippen LogP contribution < -0.4 is 14.8 Å². The number of aliphatic imine (C=N–C) groups is 1. The number of ether oxygens (including phenoxy) is 2. The summed E-state index contributed by atoms with van der Waals surface area (Å²) < 4.78 is 10.6. The van der Waals surface area contributed by atoms with Gasteiger partial charge < -0.3 is 14.8 Å². The van der Waals surface area contributed by atoms with Gasteiger partial charge in [0.15, 0.2) is 5.17 Å². The van der Waals surface area contributed by atoms with Gasteiger partial charge in [0.2, 0.25) is 5.91 Å². The van der Waals surface area contributed by atoms with E-state index in [1.165, 1.54) is 11.8 Å². The molecule has 0 spiro atoms. The third kappa shape index (κ3) is 5.57. The highest BCUT2D eigenvalue weighted by Crippen LogP contribution is 2.39. The zero-order valence-corrected chi connectivity index (χ0v) is 22.2. The fraction of sp³-hybridized carbons (Fsp3) is 0.241. The van der Waals surface area contributed by atoms with E-state index < -0.39 is 5.25 Å². The second kappa shape index (κ2) is 11.1. The first-order chi connectivity index (χ1) is 18.4. The molecule has 0 fully saturated rings. The lowest BCUT2D eigenvalue weighted by Gasteiger charge is -2.23. The monoisotopic (exact) mass is 528 g/mol. The van der Waals surface area contributed by atoms with Crippen molar-refractivity contribution < 1.29 is 19.1 Å². The van der Waals surface area contributed by atoms with Crippen LogP contribution in [0.5, 0.6) is 11.5 Å². The van der Waals surface area contributed by atoms with Crippen LogP contribution in [0.2, 0.25) is 0 Å². The van der Waals surface area contributed by atoms with Crippen molar-refractivity contribution in [2.45, 2.75) is 31.1 Å². The van der Waals surface area contributed by atoms with Crippen molar-refractivity contribution in [2.75, 3.05) is 19.5 Å². The fourth-order valence-corrected chi connectivity index (χ4v) is 5.41. The van der Waals surface area contributed by atoms with E-state index in [-0.39, 0.29) is 24.3 Å². The number of carbonyl (C=O) groups excluding carboxylic acids is 2. The van der Waals surface area contributed by atoms with Gasteiger partial charge in [-0.25, -0.2) is 5.01 Å². The number of anilines is 1. The largest absolute Gasteiger partial charge is 0.497 e. The number of amides is 2. The van der Waals surface area contributed by atoms with E-state index in [9.17, 15) is 9.59 Å². The van der Waals surface area contributed by atoms with Crippen LogP contribution in [0.15, 0.2) is 82.9 Å². The molecule has 194 valence electrons. The maximum absolute atomic E-state index is 12.8. The van der Waals surface area contributed by atoms with Crippen molar-refractivity contribution in [3.63, 3.8) is 0 Å². The number of thioether (sulfide) groups is 1. The third-order valence-corrected chi connectivity index (χ3v) is 7.61. The first kappa shape index (κ1) is 25.5. The number of methoxy groups -OCH3 is 2. The van der Waals surface area contributed by atoms with Crippen molar-refractivity contribution >= 4 is 40.1 Å². The molecular formula is C29H28N4O4S. The fourth-order valence-electron chi connectivity index (χ4n) is 4.35. The minimum atomic E-state index is -0.604. The van der Waals surface area contributed by atoms with Gasteiger partial charge in [0.05, 0.1) is 26.0 Å². The van der Waals surface area contributed by atoms with Crippen LogP contribution in [0.1, 0.15) is 35.6 Å². The Hall–Kier alpha value is -4.11.